The third-order valence-electron chi connectivity index (χ3n) is 5.61. The van der Waals surface area contributed by atoms with Crippen molar-refractivity contribution in [2.45, 2.75) is 37.5 Å². The van der Waals surface area contributed by atoms with Gasteiger partial charge in [-0.2, -0.15) is 0 Å². The van der Waals surface area contributed by atoms with Crippen molar-refractivity contribution in [1.29, 1.82) is 0 Å². The molecular formula is C26H32O4. The van der Waals surface area contributed by atoms with Crippen molar-refractivity contribution in [3.63, 3.8) is 0 Å². The van der Waals surface area contributed by atoms with Gasteiger partial charge in [-0.15, -0.1) is 0 Å². The lowest BCUT2D eigenvalue weighted by molar-refractivity contribution is 0.179. The van der Waals surface area contributed by atoms with E-state index in [0.717, 1.165) is 11.5 Å². The summed E-state index contributed by atoms with van der Waals surface area (Å²) in [6.45, 7) is 9.15. The molecule has 0 aliphatic heterocycles. The van der Waals surface area contributed by atoms with Crippen molar-refractivity contribution in [1.82, 2.24) is 0 Å². The molecule has 0 N–H and O–H groups in total. The minimum absolute atomic E-state index is 0.520. The molecule has 0 unspecified atom stereocenters. The van der Waals surface area contributed by atoms with Crippen LogP contribution in [0.1, 0.15) is 48.6 Å². The van der Waals surface area contributed by atoms with E-state index in [2.05, 4.69) is 61.7 Å². The van der Waals surface area contributed by atoms with Gasteiger partial charge >= 0.3 is 0 Å². The van der Waals surface area contributed by atoms with E-state index in [9.17, 15) is 0 Å². The molecule has 4 heteroatoms. The van der Waals surface area contributed by atoms with E-state index >= 15 is 0 Å². The van der Waals surface area contributed by atoms with E-state index in [4.69, 9.17) is 18.9 Å². The second-order valence-corrected chi connectivity index (χ2v) is 7.46. The maximum absolute atomic E-state index is 5.68. The van der Waals surface area contributed by atoms with Crippen LogP contribution in [0.5, 0.6) is 11.5 Å². The summed E-state index contributed by atoms with van der Waals surface area (Å²) in [6, 6.07) is 17.1. The van der Waals surface area contributed by atoms with Crippen LogP contribution < -0.4 is 9.47 Å². The quantitative estimate of drug-likeness (QED) is 0.309. The average Bonchev–Trinajstić information content (AvgIpc) is 2.81. The number of rotatable bonds is 12. The summed E-state index contributed by atoms with van der Waals surface area (Å²) in [5.41, 5.74) is 2.82. The molecule has 2 aromatic carbocycles. The van der Waals surface area contributed by atoms with E-state index in [1.807, 2.05) is 0 Å². The molecule has 1 aliphatic carbocycles. The third kappa shape index (κ3) is 6.58. The molecule has 3 rings (SSSR count). The van der Waals surface area contributed by atoms with Gasteiger partial charge in [0.1, 0.15) is 37.9 Å². The van der Waals surface area contributed by atoms with Crippen molar-refractivity contribution in [3.05, 3.63) is 85.3 Å². The Morgan fingerprint density at radius 1 is 0.600 bits per heavy atom. The van der Waals surface area contributed by atoms with Crippen LogP contribution in [0.4, 0.5) is 0 Å². The predicted octanol–water partition coefficient (Wildman–Crippen LogP) is 6.21. The fourth-order valence-electron chi connectivity index (χ4n) is 4.01. The van der Waals surface area contributed by atoms with Crippen LogP contribution in [0, 0.1) is 0 Å². The molecule has 0 radical (unpaired) electrons. The lowest BCUT2D eigenvalue weighted by atomic mass is 9.76. The normalized spacial score (nSPS) is 18.3. The molecule has 160 valence electrons. The molecule has 1 aliphatic rings. The second-order valence-electron chi connectivity index (χ2n) is 7.46. The predicted molar refractivity (Wildman–Crippen MR) is 120 cm³/mol. The van der Waals surface area contributed by atoms with Crippen LogP contribution in [0.15, 0.2) is 74.2 Å². The largest absolute Gasteiger partial charge is 0.498 e. The zero-order chi connectivity index (χ0) is 21.0. The molecule has 0 aromatic heterocycles. The van der Waals surface area contributed by atoms with Crippen molar-refractivity contribution >= 4 is 0 Å². The summed E-state index contributed by atoms with van der Waals surface area (Å²) in [4.78, 5) is 0. The van der Waals surface area contributed by atoms with Gasteiger partial charge in [-0.25, -0.2) is 0 Å². The lowest BCUT2D eigenvalue weighted by Gasteiger charge is -2.29. The molecule has 30 heavy (non-hydrogen) atoms. The first-order valence-corrected chi connectivity index (χ1v) is 10.7. The van der Waals surface area contributed by atoms with Crippen LogP contribution in [-0.4, -0.2) is 26.4 Å². The first kappa shape index (κ1) is 21.8. The van der Waals surface area contributed by atoms with Gasteiger partial charge in [0.05, 0.1) is 12.5 Å². The number of hydrogen-bond acceptors (Lipinski definition) is 4. The van der Waals surface area contributed by atoms with E-state index in [1.165, 1.54) is 49.3 Å². The number of ether oxygens (including phenoxy) is 4. The Morgan fingerprint density at radius 2 is 0.967 bits per heavy atom. The molecule has 0 saturated heterocycles. The van der Waals surface area contributed by atoms with E-state index in [0.29, 0.717) is 38.3 Å². The third-order valence-corrected chi connectivity index (χ3v) is 5.61. The number of benzene rings is 2. The molecule has 1 fully saturated rings. The lowest BCUT2D eigenvalue weighted by Crippen LogP contribution is -2.12. The van der Waals surface area contributed by atoms with E-state index in [-0.39, 0.29) is 0 Å². The SMILES string of the molecule is C=COCCOc1ccc(C2CCC(c3ccc(OCCOC=C)cc3)CC2)cc1. The maximum atomic E-state index is 5.68. The zero-order valence-electron chi connectivity index (χ0n) is 17.6. The molecule has 0 amide bonds. The summed E-state index contributed by atoms with van der Waals surface area (Å²) < 4.78 is 21.5. The monoisotopic (exact) mass is 408 g/mol. The Hall–Kier alpha value is -2.88. The van der Waals surface area contributed by atoms with Gasteiger partial charge in [0.15, 0.2) is 0 Å². The van der Waals surface area contributed by atoms with Crippen LogP contribution in [0.2, 0.25) is 0 Å². The topological polar surface area (TPSA) is 36.9 Å². The van der Waals surface area contributed by atoms with Crippen molar-refractivity contribution < 1.29 is 18.9 Å². The van der Waals surface area contributed by atoms with Gasteiger partial charge in [-0.1, -0.05) is 37.4 Å². The first-order valence-electron chi connectivity index (χ1n) is 10.7. The second kappa shape index (κ2) is 12.0. The number of hydrogen-bond donors (Lipinski definition) is 0. The van der Waals surface area contributed by atoms with Crippen LogP contribution in [-0.2, 0) is 9.47 Å². The summed E-state index contributed by atoms with van der Waals surface area (Å²) in [6.07, 6.45) is 7.74. The molecule has 0 spiro atoms. The van der Waals surface area contributed by atoms with Gasteiger partial charge in [0.25, 0.3) is 0 Å². The highest BCUT2D eigenvalue weighted by molar-refractivity contribution is 5.32. The molecule has 0 atom stereocenters. The molecular weight excluding hydrogens is 376 g/mol. The smallest absolute Gasteiger partial charge is 0.122 e. The summed E-state index contributed by atoms with van der Waals surface area (Å²) in [5.74, 6) is 3.04. The van der Waals surface area contributed by atoms with E-state index < -0.39 is 0 Å². The van der Waals surface area contributed by atoms with Crippen LogP contribution >= 0.6 is 0 Å². The summed E-state index contributed by atoms with van der Waals surface area (Å²) in [7, 11) is 0. The van der Waals surface area contributed by atoms with Crippen molar-refractivity contribution in [2.75, 3.05) is 26.4 Å². The fourth-order valence-corrected chi connectivity index (χ4v) is 4.01. The minimum atomic E-state index is 0.520. The van der Waals surface area contributed by atoms with Crippen LogP contribution in [0.25, 0.3) is 0 Å². The highest BCUT2D eigenvalue weighted by atomic mass is 16.5. The molecule has 1 saturated carbocycles. The highest BCUT2D eigenvalue weighted by Crippen LogP contribution is 2.41. The summed E-state index contributed by atoms with van der Waals surface area (Å²) >= 11 is 0. The molecule has 2 aromatic rings. The summed E-state index contributed by atoms with van der Waals surface area (Å²) in [5, 5.41) is 0. The van der Waals surface area contributed by atoms with Gasteiger partial charge < -0.3 is 18.9 Å². The van der Waals surface area contributed by atoms with Crippen molar-refractivity contribution in [2.24, 2.45) is 0 Å². The molecule has 4 nitrogen and oxygen atoms in total. The first-order chi connectivity index (χ1) is 14.8. The Kier molecular flexibility index (Phi) is 8.70. The Bertz CT molecular complexity index is 691. The zero-order valence-corrected chi connectivity index (χ0v) is 17.6. The Morgan fingerprint density at radius 3 is 1.30 bits per heavy atom. The van der Waals surface area contributed by atoms with Crippen LogP contribution in [0.3, 0.4) is 0 Å². The van der Waals surface area contributed by atoms with Crippen molar-refractivity contribution in [3.8, 4) is 11.5 Å². The van der Waals surface area contributed by atoms with E-state index in [1.54, 1.807) is 0 Å². The fraction of sp³-hybridized carbons (Fsp3) is 0.385. The minimum Gasteiger partial charge on any atom is -0.498 e. The molecule has 0 heterocycles. The Labute approximate surface area is 180 Å². The van der Waals surface area contributed by atoms with Gasteiger partial charge in [-0.05, 0) is 72.9 Å². The maximum Gasteiger partial charge on any atom is 0.122 e. The average molecular weight is 409 g/mol. The van der Waals surface area contributed by atoms with Gasteiger partial charge in [0, 0.05) is 0 Å². The van der Waals surface area contributed by atoms with Gasteiger partial charge in [-0.3, -0.25) is 0 Å². The Balaban J connectivity index is 1.44. The molecule has 0 bridgehead atoms. The van der Waals surface area contributed by atoms with Gasteiger partial charge in [0.2, 0.25) is 0 Å². The standard InChI is InChI=1S/C26H32O4/c1-3-27-17-19-29-25-13-9-23(10-14-25)21-5-7-22(8-6-21)24-11-15-26(16-12-24)30-20-18-28-4-2/h3-4,9-16,21-22H,1-2,5-8,17-20H2. The highest BCUT2D eigenvalue weighted by Gasteiger charge is 2.23.